The molecule has 0 aliphatic heterocycles. The number of carbonyl (C=O) groups is 1. The third kappa shape index (κ3) is 7.71. The van der Waals surface area contributed by atoms with Crippen LogP contribution in [0.2, 0.25) is 0 Å². The van der Waals surface area contributed by atoms with Crippen LogP contribution in [-0.2, 0) is 19.6 Å². The number of rotatable bonds is 7. The Bertz CT molecular complexity index is 641. The van der Waals surface area contributed by atoms with E-state index in [1.807, 2.05) is 12.4 Å². The van der Waals surface area contributed by atoms with Crippen LogP contribution in [0.15, 0.2) is 29.2 Å². The number of carbonyl (C=O) groups excluding carboxylic acids is 1. The van der Waals surface area contributed by atoms with Gasteiger partial charge in [0.1, 0.15) is 18.4 Å². The van der Waals surface area contributed by atoms with Gasteiger partial charge in [0.15, 0.2) is 0 Å². The molecule has 2 N–H and O–H groups in total. The number of nitrogens with one attached hydrogen (secondary N) is 2. The van der Waals surface area contributed by atoms with E-state index < -0.39 is 41.0 Å². The topological polar surface area (TPSA) is 93.7 Å². The fraction of sp³-hybridized carbons (Fsp3) is 0.533. The standard InChI is InChI=1S/C15H23FN2O5S/c1-11-5-7-13(8-6-11)24(20,21)17-9-12(16)10-22-18-14(19)23-15(2,3)4/h5-8,12,17H,9-10H2,1-4H3,(H,18,19). The van der Waals surface area contributed by atoms with Crippen LogP contribution in [0.25, 0.3) is 0 Å². The normalized spacial score (nSPS) is 13.4. The SMILES string of the molecule is Cc1ccc(S(=O)(=O)NCC(F)CONC(=O)OC(C)(C)C)cc1. The summed E-state index contributed by atoms with van der Waals surface area (Å²) in [5, 5.41) is 0. The van der Waals surface area contributed by atoms with Crippen LogP contribution in [0, 0.1) is 6.92 Å². The van der Waals surface area contributed by atoms with Crippen LogP contribution < -0.4 is 10.2 Å². The van der Waals surface area contributed by atoms with E-state index in [1.165, 1.54) is 12.1 Å². The van der Waals surface area contributed by atoms with Crippen LogP contribution in [0.1, 0.15) is 26.3 Å². The Morgan fingerprint density at radius 3 is 2.38 bits per heavy atom. The molecule has 1 atom stereocenters. The number of hydroxylamine groups is 1. The summed E-state index contributed by atoms with van der Waals surface area (Å²) < 4.78 is 44.7. The molecule has 0 fully saturated rings. The van der Waals surface area contributed by atoms with Crippen LogP contribution in [0.4, 0.5) is 9.18 Å². The number of alkyl halides is 1. The molecule has 1 amide bonds. The van der Waals surface area contributed by atoms with Crippen molar-refractivity contribution in [2.75, 3.05) is 13.2 Å². The lowest BCUT2D eigenvalue weighted by molar-refractivity contribution is -0.0210. The highest BCUT2D eigenvalue weighted by molar-refractivity contribution is 7.89. The molecule has 0 aliphatic rings. The summed E-state index contributed by atoms with van der Waals surface area (Å²) in [7, 11) is -3.80. The maximum atomic E-state index is 13.7. The molecule has 0 spiro atoms. The molecule has 24 heavy (non-hydrogen) atoms. The molecule has 136 valence electrons. The fourth-order valence-corrected chi connectivity index (χ4v) is 2.61. The average molecular weight is 362 g/mol. The van der Waals surface area contributed by atoms with Crippen LogP contribution >= 0.6 is 0 Å². The predicted octanol–water partition coefficient (Wildman–Crippen LogP) is 2.07. The minimum atomic E-state index is -3.80. The number of halogens is 1. The minimum Gasteiger partial charge on any atom is -0.442 e. The third-order valence-corrected chi connectivity index (χ3v) is 4.08. The lowest BCUT2D eigenvalue weighted by Crippen LogP contribution is -2.36. The zero-order valence-corrected chi connectivity index (χ0v) is 14.9. The van der Waals surface area contributed by atoms with E-state index >= 15 is 0 Å². The molecule has 1 rings (SSSR count). The van der Waals surface area contributed by atoms with Gasteiger partial charge in [-0.25, -0.2) is 22.3 Å². The highest BCUT2D eigenvalue weighted by atomic mass is 32.2. The summed E-state index contributed by atoms with van der Waals surface area (Å²) in [4.78, 5) is 16.0. The Morgan fingerprint density at radius 2 is 1.83 bits per heavy atom. The van der Waals surface area contributed by atoms with E-state index in [0.29, 0.717) is 0 Å². The van der Waals surface area contributed by atoms with Crippen molar-refractivity contribution >= 4 is 16.1 Å². The van der Waals surface area contributed by atoms with Gasteiger partial charge in [0.25, 0.3) is 0 Å². The largest absolute Gasteiger partial charge is 0.442 e. The summed E-state index contributed by atoms with van der Waals surface area (Å²) in [5.41, 5.74) is 2.14. The van der Waals surface area contributed by atoms with Gasteiger partial charge in [-0.05, 0) is 39.8 Å². The van der Waals surface area contributed by atoms with Crippen molar-refractivity contribution in [2.45, 2.75) is 44.4 Å². The molecular formula is C15H23FN2O5S. The number of aryl methyl sites for hydroxylation is 1. The summed E-state index contributed by atoms with van der Waals surface area (Å²) in [5.74, 6) is 0. The van der Waals surface area contributed by atoms with Gasteiger partial charge >= 0.3 is 6.09 Å². The Hall–Kier alpha value is -1.71. The molecule has 0 aliphatic carbocycles. The molecule has 0 radical (unpaired) electrons. The first kappa shape index (κ1) is 20.3. The number of sulfonamides is 1. The van der Waals surface area contributed by atoms with E-state index in [9.17, 15) is 17.6 Å². The number of hydrogen-bond donors (Lipinski definition) is 2. The van der Waals surface area contributed by atoms with Gasteiger partial charge < -0.3 is 4.74 Å². The zero-order chi connectivity index (χ0) is 18.4. The predicted molar refractivity (Wildman–Crippen MR) is 86.6 cm³/mol. The lowest BCUT2D eigenvalue weighted by Gasteiger charge is -2.19. The summed E-state index contributed by atoms with van der Waals surface area (Å²) in [6.45, 7) is 5.84. The number of hydrogen-bond acceptors (Lipinski definition) is 5. The minimum absolute atomic E-state index is 0.0492. The molecule has 7 nitrogen and oxygen atoms in total. The van der Waals surface area contributed by atoms with Gasteiger partial charge in [-0.3, -0.25) is 4.84 Å². The third-order valence-electron chi connectivity index (χ3n) is 2.64. The zero-order valence-electron chi connectivity index (χ0n) is 14.1. The molecule has 0 bridgehead atoms. The molecule has 0 heterocycles. The smallest absolute Gasteiger partial charge is 0.431 e. The molecule has 0 saturated carbocycles. The van der Waals surface area contributed by atoms with Gasteiger partial charge in [0.05, 0.1) is 4.90 Å². The van der Waals surface area contributed by atoms with Gasteiger partial charge in [-0.2, -0.15) is 5.48 Å². The van der Waals surface area contributed by atoms with Crippen molar-refractivity contribution < 1.29 is 27.2 Å². The van der Waals surface area contributed by atoms with Crippen molar-refractivity contribution in [3.63, 3.8) is 0 Å². The van der Waals surface area contributed by atoms with Crippen molar-refractivity contribution in [3.8, 4) is 0 Å². The Morgan fingerprint density at radius 1 is 1.25 bits per heavy atom. The molecule has 0 aromatic heterocycles. The molecule has 1 aromatic rings. The molecule has 1 aromatic carbocycles. The van der Waals surface area contributed by atoms with Gasteiger partial charge in [0, 0.05) is 6.54 Å². The second kappa shape index (κ2) is 8.41. The van der Waals surface area contributed by atoms with Crippen LogP contribution in [0.5, 0.6) is 0 Å². The first-order valence-corrected chi connectivity index (χ1v) is 8.79. The second-order valence-corrected chi connectivity index (χ2v) is 7.94. The molecular weight excluding hydrogens is 339 g/mol. The first-order valence-electron chi connectivity index (χ1n) is 7.31. The highest BCUT2D eigenvalue weighted by Gasteiger charge is 2.19. The quantitative estimate of drug-likeness (QED) is 0.724. The number of amides is 1. The summed E-state index contributed by atoms with van der Waals surface area (Å²) >= 11 is 0. The Labute approximate surface area is 141 Å². The van der Waals surface area contributed by atoms with Gasteiger partial charge in [-0.1, -0.05) is 17.7 Å². The van der Waals surface area contributed by atoms with E-state index in [-0.39, 0.29) is 4.90 Å². The van der Waals surface area contributed by atoms with Crippen molar-refractivity contribution in [1.82, 2.24) is 10.2 Å². The molecule has 1 unspecified atom stereocenters. The van der Waals surface area contributed by atoms with Crippen molar-refractivity contribution in [3.05, 3.63) is 29.8 Å². The number of ether oxygens (including phenoxy) is 1. The Kier molecular flexibility index (Phi) is 7.12. The van der Waals surface area contributed by atoms with Gasteiger partial charge in [-0.15, -0.1) is 0 Å². The second-order valence-electron chi connectivity index (χ2n) is 6.18. The Balaban J connectivity index is 2.36. The monoisotopic (exact) mass is 362 g/mol. The molecule has 9 heteroatoms. The lowest BCUT2D eigenvalue weighted by atomic mass is 10.2. The van der Waals surface area contributed by atoms with Crippen molar-refractivity contribution in [1.29, 1.82) is 0 Å². The first-order chi connectivity index (χ1) is 11.0. The fourth-order valence-electron chi connectivity index (χ4n) is 1.55. The highest BCUT2D eigenvalue weighted by Crippen LogP contribution is 2.10. The van der Waals surface area contributed by atoms with E-state index in [4.69, 9.17) is 4.74 Å². The summed E-state index contributed by atoms with van der Waals surface area (Å²) in [6.07, 6.45) is -2.49. The van der Waals surface area contributed by atoms with E-state index in [1.54, 1.807) is 32.9 Å². The van der Waals surface area contributed by atoms with Crippen LogP contribution in [0.3, 0.4) is 0 Å². The van der Waals surface area contributed by atoms with Gasteiger partial charge in [0.2, 0.25) is 10.0 Å². The summed E-state index contributed by atoms with van der Waals surface area (Å²) in [6, 6.07) is 6.17. The van der Waals surface area contributed by atoms with Crippen LogP contribution in [-0.4, -0.2) is 39.4 Å². The number of benzene rings is 1. The van der Waals surface area contributed by atoms with E-state index in [0.717, 1.165) is 5.56 Å². The van der Waals surface area contributed by atoms with E-state index in [2.05, 4.69) is 9.56 Å². The molecule has 0 saturated heterocycles. The van der Waals surface area contributed by atoms with Crippen molar-refractivity contribution in [2.24, 2.45) is 0 Å². The maximum absolute atomic E-state index is 13.7. The average Bonchev–Trinajstić information content (AvgIpc) is 2.44. The maximum Gasteiger partial charge on any atom is 0.431 e.